The molecule has 2 aromatic rings. The first-order valence-corrected chi connectivity index (χ1v) is 9.87. The molecule has 0 aliphatic rings. The largest absolute Gasteiger partial charge is 0.355 e. The van der Waals surface area contributed by atoms with Crippen molar-refractivity contribution in [3.63, 3.8) is 0 Å². The second-order valence-electron chi connectivity index (χ2n) is 5.24. The Morgan fingerprint density at radius 1 is 0.958 bits per heavy atom. The summed E-state index contributed by atoms with van der Waals surface area (Å²) in [5.41, 5.74) is 1.98. The zero-order valence-corrected chi connectivity index (χ0v) is 16.1. The summed E-state index contributed by atoms with van der Waals surface area (Å²) in [6, 6.07) is 13.2. The van der Waals surface area contributed by atoms with E-state index in [1.54, 1.807) is 12.1 Å². The van der Waals surface area contributed by atoms with Crippen molar-refractivity contribution in [3.05, 3.63) is 68.7 Å². The Morgan fingerprint density at radius 3 is 2.33 bits per heavy atom. The summed E-state index contributed by atoms with van der Waals surface area (Å²) >= 11 is 19.8. The minimum Gasteiger partial charge on any atom is -0.355 e. The van der Waals surface area contributed by atoms with Crippen molar-refractivity contribution in [1.29, 1.82) is 0 Å². The molecule has 0 heterocycles. The van der Waals surface area contributed by atoms with Gasteiger partial charge in [0.25, 0.3) is 0 Å². The van der Waals surface area contributed by atoms with Gasteiger partial charge < -0.3 is 5.32 Å². The summed E-state index contributed by atoms with van der Waals surface area (Å²) in [5.74, 6) is 1.02. The molecule has 0 aliphatic heterocycles. The second-order valence-corrected chi connectivity index (χ2v) is 7.45. The maximum absolute atomic E-state index is 11.9. The zero-order valence-electron chi connectivity index (χ0n) is 13.0. The average molecular weight is 403 g/mol. The van der Waals surface area contributed by atoms with Crippen LogP contribution in [0.4, 0.5) is 0 Å². The topological polar surface area (TPSA) is 29.1 Å². The third-order valence-corrected chi connectivity index (χ3v) is 5.48. The smallest absolute Gasteiger partial charge is 0.230 e. The van der Waals surface area contributed by atoms with Crippen molar-refractivity contribution in [2.75, 3.05) is 12.3 Å². The number of rotatable bonds is 8. The molecule has 0 unspecified atom stereocenters. The van der Waals surface area contributed by atoms with Crippen LogP contribution in [-0.4, -0.2) is 18.2 Å². The number of hydrogen-bond donors (Lipinski definition) is 1. The van der Waals surface area contributed by atoms with Gasteiger partial charge in [0.1, 0.15) is 0 Å². The van der Waals surface area contributed by atoms with Gasteiger partial charge in [-0.05, 0) is 42.2 Å². The van der Waals surface area contributed by atoms with Crippen LogP contribution in [0.15, 0.2) is 42.5 Å². The monoisotopic (exact) mass is 401 g/mol. The van der Waals surface area contributed by atoms with Crippen LogP contribution in [0.25, 0.3) is 0 Å². The highest BCUT2D eigenvalue weighted by molar-refractivity contribution is 7.99. The quantitative estimate of drug-likeness (QED) is 0.580. The number of nitrogens with one attached hydrogen (secondary N) is 1. The fraction of sp³-hybridized carbons (Fsp3) is 0.278. The molecule has 0 saturated carbocycles. The molecule has 1 amide bonds. The summed E-state index contributed by atoms with van der Waals surface area (Å²) in [4.78, 5) is 11.9. The van der Waals surface area contributed by atoms with E-state index in [1.807, 2.05) is 30.3 Å². The molecule has 24 heavy (non-hydrogen) atoms. The van der Waals surface area contributed by atoms with Gasteiger partial charge >= 0.3 is 0 Å². The van der Waals surface area contributed by atoms with E-state index >= 15 is 0 Å². The van der Waals surface area contributed by atoms with Gasteiger partial charge in [-0.25, -0.2) is 0 Å². The lowest BCUT2D eigenvalue weighted by atomic mass is 10.1. The van der Waals surface area contributed by atoms with Crippen LogP contribution in [0, 0.1) is 0 Å². The van der Waals surface area contributed by atoms with E-state index in [4.69, 9.17) is 34.8 Å². The number of benzene rings is 2. The number of thioether (sulfide) groups is 1. The fourth-order valence-corrected chi connectivity index (χ4v) is 4.00. The third kappa shape index (κ3) is 6.21. The normalized spacial score (nSPS) is 10.6. The Bertz CT molecular complexity index is 673. The molecule has 2 aromatic carbocycles. The molecule has 2 rings (SSSR count). The fourth-order valence-electron chi connectivity index (χ4n) is 2.17. The molecule has 0 saturated heterocycles. The predicted molar refractivity (Wildman–Crippen MR) is 105 cm³/mol. The molecule has 1 N–H and O–H groups in total. The Hall–Kier alpha value is -0.870. The average Bonchev–Trinajstić information content (AvgIpc) is 2.56. The molecular weight excluding hydrogens is 385 g/mol. The standard InChI is InChI=1S/C18H18Cl3NOS/c19-15-7-2-1-5-13(15)6-4-10-22-18(23)12-24-11-14-16(20)8-3-9-17(14)21/h1-3,5,7-9H,4,6,10-12H2,(H,22,23). The van der Waals surface area contributed by atoms with Gasteiger partial charge in [0.15, 0.2) is 0 Å². The predicted octanol–water partition coefficient (Wildman–Crippen LogP) is 5.63. The molecule has 0 bridgehead atoms. The first kappa shape index (κ1) is 19.5. The van der Waals surface area contributed by atoms with Crippen LogP contribution in [0.2, 0.25) is 15.1 Å². The summed E-state index contributed by atoms with van der Waals surface area (Å²) < 4.78 is 0. The van der Waals surface area contributed by atoms with Crippen LogP contribution in [0.3, 0.4) is 0 Å². The van der Waals surface area contributed by atoms with E-state index in [2.05, 4.69) is 5.32 Å². The summed E-state index contributed by atoms with van der Waals surface area (Å²) in [5, 5.41) is 4.96. The van der Waals surface area contributed by atoms with Gasteiger partial charge in [-0.3, -0.25) is 4.79 Å². The van der Waals surface area contributed by atoms with E-state index in [9.17, 15) is 4.79 Å². The number of halogens is 3. The highest BCUT2D eigenvalue weighted by Gasteiger charge is 2.07. The van der Waals surface area contributed by atoms with E-state index in [-0.39, 0.29) is 5.91 Å². The third-order valence-electron chi connectivity index (χ3n) is 3.44. The van der Waals surface area contributed by atoms with E-state index in [0.29, 0.717) is 28.1 Å². The zero-order chi connectivity index (χ0) is 17.4. The van der Waals surface area contributed by atoms with Crippen molar-refractivity contribution >= 4 is 52.5 Å². The highest BCUT2D eigenvalue weighted by Crippen LogP contribution is 2.28. The van der Waals surface area contributed by atoms with Crippen LogP contribution in [0.5, 0.6) is 0 Å². The van der Waals surface area contributed by atoms with Gasteiger partial charge in [-0.15, -0.1) is 11.8 Å². The minimum absolute atomic E-state index is 0.0161. The van der Waals surface area contributed by atoms with Crippen molar-refractivity contribution in [2.24, 2.45) is 0 Å². The Balaban J connectivity index is 1.64. The van der Waals surface area contributed by atoms with E-state index < -0.39 is 0 Å². The van der Waals surface area contributed by atoms with Gasteiger partial charge in [-0.2, -0.15) is 0 Å². The van der Waals surface area contributed by atoms with E-state index in [1.165, 1.54) is 11.8 Å². The Morgan fingerprint density at radius 2 is 1.62 bits per heavy atom. The lowest BCUT2D eigenvalue weighted by Crippen LogP contribution is -2.26. The first-order valence-electron chi connectivity index (χ1n) is 7.58. The summed E-state index contributed by atoms with van der Waals surface area (Å²) in [6.07, 6.45) is 1.71. The number of carbonyl (C=O) groups excluding carboxylic acids is 1. The molecule has 0 radical (unpaired) electrons. The van der Waals surface area contributed by atoms with Gasteiger partial charge in [0.05, 0.1) is 5.75 Å². The Labute approximate surface area is 161 Å². The number of amides is 1. The first-order chi connectivity index (χ1) is 11.6. The maximum atomic E-state index is 11.9. The molecule has 128 valence electrons. The number of carbonyl (C=O) groups is 1. The SMILES string of the molecule is O=C(CSCc1c(Cl)cccc1Cl)NCCCc1ccccc1Cl. The molecular formula is C18H18Cl3NOS. The molecule has 0 atom stereocenters. The molecule has 6 heteroatoms. The van der Waals surface area contributed by atoms with Crippen LogP contribution in [0.1, 0.15) is 17.5 Å². The lowest BCUT2D eigenvalue weighted by molar-refractivity contribution is -0.118. The van der Waals surface area contributed by atoms with Crippen molar-refractivity contribution in [1.82, 2.24) is 5.32 Å². The maximum Gasteiger partial charge on any atom is 0.230 e. The second kappa shape index (κ2) is 10.2. The van der Waals surface area contributed by atoms with Crippen LogP contribution >= 0.6 is 46.6 Å². The summed E-state index contributed by atoms with van der Waals surface area (Å²) in [6.45, 7) is 0.636. The molecule has 0 aliphatic carbocycles. The van der Waals surface area contributed by atoms with Crippen molar-refractivity contribution in [2.45, 2.75) is 18.6 Å². The van der Waals surface area contributed by atoms with Crippen molar-refractivity contribution < 1.29 is 4.79 Å². The van der Waals surface area contributed by atoms with Crippen molar-refractivity contribution in [3.8, 4) is 0 Å². The van der Waals surface area contributed by atoms with Gasteiger partial charge in [0.2, 0.25) is 5.91 Å². The van der Waals surface area contributed by atoms with Gasteiger partial charge in [-0.1, -0.05) is 59.1 Å². The van der Waals surface area contributed by atoms with Crippen LogP contribution in [-0.2, 0) is 17.0 Å². The van der Waals surface area contributed by atoms with Gasteiger partial charge in [0, 0.05) is 27.4 Å². The lowest BCUT2D eigenvalue weighted by Gasteiger charge is -2.08. The Kier molecular flexibility index (Phi) is 8.26. The molecule has 2 nitrogen and oxygen atoms in total. The summed E-state index contributed by atoms with van der Waals surface area (Å²) in [7, 11) is 0. The number of aryl methyl sites for hydroxylation is 1. The van der Waals surface area contributed by atoms with E-state index in [0.717, 1.165) is 29.0 Å². The molecule has 0 aromatic heterocycles. The molecule has 0 spiro atoms. The highest BCUT2D eigenvalue weighted by atomic mass is 35.5. The van der Waals surface area contributed by atoms with Crippen LogP contribution < -0.4 is 5.32 Å². The number of hydrogen-bond acceptors (Lipinski definition) is 2. The molecule has 0 fully saturated rings. The minimum atomic E-state index is 0.0161.